The first-order valence-electron chi connectivity index (χ1n) is 11.6. The first kappa shape index (κ1) is 28.6. The van der Waals surface area contributed by atoms with Crippen LogP contribution in [0.4, 0.5) is 10.1 Å². The van der Waals surface area contributed by atoms with Crippen molar-refractivity contribution in [2.45, 2.75) is 52.1 Å². The molecule has 35 heavy (non-hydrogen) atoms. The molecule has 0 aliphatic rings. The number of sulfonamides is 1. The molecular formula is C25H33ClFN3O4S. The Morgan fingerprint density at radius 1 is 1.11 bits per heavy atom. The molecule has 10 heteroatoms. The highest BCUT2D eigenvalue weighted by atomic mass is 35.5. The number of benzene rings is 2. The van der Waals surface area contributed by atoms with E-state index in [0.29, 0.717) is 17.3 Å². The Hall–Kier alpha value is -2.65. The first-order chi connectivity index (χ1) is 16.5. The highest BCUT2D eigenvalue weighted by Gasteiger charge is 2.26. The van der Waals surface area contributed by atoms with Crippen molar-refractivity contribution in [1.29, 1.82) is 0 Å². The summed E-state index contributed by atoms with van der Waals surface area (Å²) >= 11 is 6.10. The molecule has 7 nitrogen and oxygen atoms in total. The molecule has 0 aromatic heterocycles. The maximum absolute atomic E-state index is 13.3. The van der Waals surface area contributed by atoms with Crippen LogP contribution in [-0.2, 0) is 26.2 Å². The lowest BCUT2D eigenvalue weighted by Gasteiger charge is -2.29. The molecule has 0 spiro atoms. The second-order valence-corrected chi connectivity index (χ2v) is 10.7. The Bertz CT molecular complexity index is 1100. The SMILES string of the molecule is CCCCNC(=O)[C@@H](C)N(Cc1cccc(Cl)c1)C(=O)CCCN(c1ccc(F)cc1)S(C)(=O)=O. The molecule has 2 aromatic carbocycles. The maximum atomic E-state index is 13.3. The quantitative estimate of drug-likeness (QED) is 0.394. The number of nitrogens with one attached hydrogen (secondary N) is 1. The average Bonchev–Trinajstić information content (AvgIpc) is 2.80. The molecule has 0 bridgehead atoms. The van der Waals surface area contributed by atoms with E-state index in [1.165, 1.54) is 29.2 Å². The summed E-state index contributed by atoms with van der Waals surface area (Å²) in [6, 6.07) is 11.5. The Morgan fingerprint density at radius 3 is 2.40 bits per heavy atom. The van der Waals surface area contributed by atoms with E-state index in [2.05, 4.69) is 5.32 Å². The van der Waals surface area contributed by atoms with Gasteiger partial charge in [-0.15, -0.1) is 0 Å². The molecule has 0 unspecified atom stereocenters. The van der Waals surface area contributed by atoms with E-state index >= 15 is 0 Å². The maximum Gasteiger partial charge on any atom is 0.242 e. The van der Waals surface area contributed by atoms with Crippen molar-refractivity contribution in [3.8, 4) is 0 Å². The van der Waals surface area contributed by atoms with Crippen molar-refractivity contribution < 1.29 is 22.4 Å². The molecule has 0 radical (unpaired) electrons. The van der Waals surface area contributed by atoms with Gasteiger partial charge in [0, 0.05) is 31.1 Å². The number of anilines is 1. The largest absolute Gasteiger partial charge is 0.354 e. The standard InChI is InChI=1S/C25H33ClFN3O4S/c1-4-5-15-28-25(32)19(2)29(18-20-8-6-9-21(26)17-20)24(31)10-7-16-30(35(3,33)34)23-13-11-22(27)12-14-23/h6,8-9,11-14,17,19H,4-5,7,10,15-16,18H2,1-3H3,(H,28,32)/t19-/m1/s1. The van der Waals surface area contributed by atoms with Gasteiger partial charge in [0.1, 0.15) is 11.9 Å². The number of carbonyl (C=O) groups excluding carboxylic acids is 2. The average molecular weight is 526 g/mol. The summed E-state index contributed by atoms with van der Waals surface area (Å²) in [5, 5.41) is 3.39. The molecule has 0 saturated carbocycles. The third-order valence-electron chi connectivity index (χ3n) is 5.51. The van der Waals surface area contributed by atoms with Crippen molar-refractivity contribution in [3.05, 3.63) is 64.9 Å². The fraction of sp³-hybridized carbons (Fsp3) is 0.440. The Labute approximate surface area is 212 Å². The van der Waals surface area contributed by atoms with Gasteiger partial charge in [0.25, 0.3) is 0 Å². The summed E-state index contributed by atoms with van der Waals surface area (Å²) in [6.45, 7) is 4.45. The van der Waals surface area contributed by atoms with E-state index < -0.39 is 21.9 Å². The monoisotopic (exact) mass is 525 g/mol. The molecule has 2 aromatic rings. The van der Waals surface area contributed by atoms with Crippen molar-refractivity contribution in [2.24, 2.45) is 0 Å². The van der Waals surface area contributed by atoms with Gasteiger partial charge in [-0.3, -0.25) is 13.9 Å². The van der Waals surface area contributed by atoms with E-state index in [1.807, 2.05) is 13.0 Å². The van der Waals surface area contributed by atoms with Gasteiger partial charge in [-0.2, -0.15) is 0 Å². The Morgan fingerprint density at radius 2 is 1.80 bits per heavy atom. The molecule has 1 N–H and O–H groups in total. The van der Waals surface area contributed by atoms with Crippen LogP contribution in [0.3, 0.4) is 0 Å². The van der Waals surface area contributed by atoms with Crippen molar-refractivity contribution in [2.75, 3.05) is 23.7 Å². The summed E-state index contributed by atoms with van der Waals surface area (Å²) in [7, 11) is -3.64. The number of carbonyl (C=O) groups is 2. The lowest BCUT2D eigenvalue weighted by atomic mass is 10.1. The molecule has 0 aliphatic heterocycles. The van der Waals surface area contributed by atoms with Gasteiger partial charge in [-0.05, 0) is 61.7 Å². The van der Waals surface area contributed by atoms with Crippen molar-refractivity contribution >= 4 is 39.1 Å². The van der Waals surface area contributed by atoms with Crippen LogP contribution in [-0.4, -0.2) is 50.5 Å². The van der Waals surface area contributed by atoms with Crippen LogP contribution in [0.1, 0.15) is 45.1 Å². The van der Waals surface area contributed by atoms with E-state index in [4.69, 9.17) is 11.6 Å². The highest BCUT2D eigenvalue weighted by Crippen LogP contribution is 2.20. The minimum absolute atomic E-state index is 0.0281. The van der Waals surface area contributed by atoms with Gasteiger partial charge in [-0.1, -0.05) is 37.1 Å². The fourth-order valence-corrected chi connectivity index (χ4v) is 4.74. The van der Waals surface area contributed by atoms with Gasteiger partial charge >= 0.3 is 0 Å². The van der Waals surface area contributed by atoms with E-state index in [-0.39, 0.29) is 37.7 Å². The number of nitrogens with zero attached hydrogens (tertiary/aromatic N) is 2. The fourth-order valence-electron chi connectivity index (χ4n) is 3.56. The van der Waals surface area contributed by atoms with Crippen LogP contribution < -0.4 is 9.62 Å². The van der Waals surface area contributed by atoms with Crippen molar-refractivity contribution in [3.63, 3.8) is 0 Å². The van der Waals surface area contributed by atoms with E-state index in [9.17, 15) is 22.4 Å². The zero-order valence-corrected chi connectivity index (χ0v) is 21.9. The van der Waals surface area contributed by atoms with Gasteiger partial charge in [0.15, 0.2) is 0 Å². The molecule has 2 amide bonds. The third-order valence-corrected chi connectivity index (χ3v) is 6.93. The molecule has 0 heterocycles. The highest BCUT2D eigenvalue weighted by molar-refractivity contribution is 7.92. The lowest BCUT2D eigenvalue weighted by molar-refractivity contribution is -0.140. The zero-order valence-electron chi connectivity index (χ0n) is 20.3. The van der Waals surface area contributed by atoms with Crippen LogP contribution in [0.25, 0.3) is 0 Å². The van der Waals surface area contributed by atoms with Crippen LogP contribution in [0.15, 0.2) is 48.5 Å². The second kappa shape index (κ2) is 13.4. The third kappa shape index (κ3) is 9.14. The van der Waals surface area contributed by atoms with Gasteiger partial charge in [-0.25, -0.2) is 12.8 Å². The number of unbranched alkanes of at least 4 members (excludes halogenated alkanes) is 1. The molecular weight excluding hydrogens is 493 g/mol. The summed E-state index contributed by atoms with van der Waals surface area (Å²) < 4.78 is 39.0. The Balaban J connectivity index is 2.13. The molecule has 0 saturated heterocycles. The normalized spacial score (nSPS) is 12.1. The molecule has 0 aliphatic carbocycles. The first-order valence-corrected chi connectivity index (χ1v) is 13.8. The summed E-state index contributed by atoms with van der Waals surface area (Å²) in [4.78, 5) is 27.4. The van der Waals surface area contributed by atoms with Crippen molar-refractivity contribution in [1.82, 2.24) is 10.2 Å². The van der Waals surface area contributed by atoms with Gasteiger partial charge in [0.05, 0.1) is 11.9 Å². The predicted molar refractivity (Wildman–Crippen MR) is 137 cm³/mol. The van der Waals surface area contributed by atoms with Crippen LogP contribution in [0.2, 0.25) is 5.02 Å². The molecule has 1 atom stereocenters. The second-order valence-electron chi connectivity index (χ2n) is 8.39. The van der Waals surface area contributed by atoms with Crippen LogP contribution >= 0.6 is 11.6 Å². The minimum atomic E-state index is -3.64. The zero-order chi connectivity index (χ0) is 26.0. The lowest BCUT2D eigenvalue weighted by Crippen LogP contribution is -2.48. The topological polar surface area (TPSA) is 86.8 Å². The van der Waals surface area contributed by atoms with E-state index in [1.54, 1.807) is 25.1 Å². The number of amides is 2. The molecule has 2 rings (SSSR count). The number of halogens is 2. The van der Waals surface area contributed by atoms with Gasteiger partial charge < -0.3 is 10.2 Å². The van der Waals surface area contributed by atoms with E-state index in [0.717, 1.165) is 29.0 Å². The number of hydrogen-bond acceptors (Lipinski definition) is 4. The predicted octanol–water partition coefficient (Wildman–Crippen LogP) is 4.36. The summed E-state index contributed by atoms with van der Waals surface area (Å²) in [5.41, 5.74) is 1.10. The molecule has 192 valence electrons. The molecule has 0 fully saturated rings. The van der Waals surface area contributed by atoms with Gasteiger partial charge in [0.2, 0.25) is 21.8 Å². The summed E-state index contributed by atoms with van der Waals surface area (Å²) in [6.07, 6.45) is 3.09. The number of rotatable bonds is 13. The smallest absolute Gasteiger partial charge is 0.242 e. The van der Waals surface area contributed by atoms with Crippen LogP contribution in [0, 0.1) is 5.82 Å². The van der Waals surface area contributed by atoms with Crippen LogP contribution in [0.5, 0.6) is 0 Å². The minimum Gasteiger partial charge on any atom is -0.354 e. The number of hydrogen-bond donors (Lipinski definition) is 1. The summed E-state index contributed by atoms with van der Waals surface area (Å²) in [5.74, 6) is -1.01. The Kier molecular flexibility index (Phi) is 11.0.